The zero-order valence-corrected chi connectivity index (χ0v) is 17.5. The number of rotatable bonds is 6. The molecule has 2 aromatic rings. The minimum absolute atomic E-state index is 0.0800. The highest BCUT2D eigenvalue weighted by atomic mass is 32.2. The van der Waals surface area contributed by atoms with Gasteiger partial charge in [-0.25, -0.2) is 13.2 Å². The second-order valence-corrected chi connectivity index (χ2v) is 10.2. The SMILES string of the molecule is CC(C)CC(N1C(=O)OC(C)(C)[C@H]1c1ccccc1)S(=O)(=O)c1ccccc1. The van der Waals surface area contributed by atoms with Crippen LogP contribution in [-0.2, 0) is 14.6 Å². The lowest BCUT2D eigenvalue weighted by molar-refractivity contribution is 0.0673. The Labute approximate surface area is 167 Å². The Morgan fingerprint density at radius 1 is 1.00 bits per heavy atom. The Balaban J connectivity index is 2.14. The quantitative estimate of drug-likeness (QED) is 0.697. The molecule has 28 heavy (non-hydrogen) atoms. The number of cyclic esters (lactones) is 1. The Morgan fingerprint density at radius 2 is 1.54 bits per heavy atom. The summed E-state index contributed by atoms with van der Waals surface area (Å²) >= 11 is 0. The molecule has 6 heteroatoms. The van der Waals surface area contributed by atoms with E-state index in [1.54, 1.807) is 30.3 Å². The average Bonchev–Trinajstić information content (AvgIpc) is 2.89. The number of ether oxygens (including phenoxy) is 1. The van der Waals surface area contributed by atoms with Crippen LogP contribution in [0, 0.1) is 5.92 Å². The maximum atomic E-state index is 13.5. The van der Waals surface area contributed by atoms with Gasteiger partial charge in [0.15, 0.2) is 9.84 Å². The molecule has 0 bridgehead atoms. The molecule has 0 saturated carbocycles. The number of carbonyl (C=O) groups is 1. The normalized spacial score (nSPS) is 20.2. The van der Waals surface area contributed by atoms with E-state index in [0.29, 0.717) is 6.42 Å². The summed E-state index contributed by atoms with van der Waals surface area (Å²) in [4.78, 5) is 14.6. The van der Waals surface area contributed by atoms with Gasteiger partial charge < -0.3 is 4.74 Å². The van der Waals surface area contributed by atoms with Crippen LogP contribution in [0.3, 0.4) is 0 Å². The van der Waals surface area contributed by atoms with E-state index in [1.165, 1.54) is 4.90 Å². The van der Waals surface area contributed by atoms with E-state index in [4.69, 9.17) is 4.74 Å². The highest BCUT2D eigenvalue weighted by Gasteiger charge is 2.54. The molecular formula is C22H27NO4S. The lowest BCUT2D eigenvalue weighted by Gasteiger charge is -2.35. The summed E-state index contributed by atoms with van der Waals surface area (Å²) in [5.41, 5.74) is 0.00947. The molecule has 0 aliphatic carbocycles. The van der Waals surface area contributed by atoms with Gasteiger partial charge >= 0.3 is 6.09 Å². The summed E-state index contributed by atoms with van der Waals surface area (Å²) in [7, 11) is -3.78. The smallest absolute Gasteiger partial charge is 0.412 e. The largest absolute Gasteiger partial charge is 0.441 e. The summed E-state index contributed by atoms with van der Waals surface area (Å²) in [6.07, 6.45) is -0.268. The van der Waals surface area contributed by atoms with Gasteiger partial charge in [-0.3, -0.25) is 4.90 Å². The third kappa shape index (κ3) is 3.78. The van der Waals surface area contributed by atoms with Crippen molar-refractivity contribution in [3.63, 3.8) is 0 Å². The summed E-state index contributed by atoms with van der Waals surface area (Å²) in [5, 5.41) is -1.01. The Morgan fingerprint density at radius 3 is 2.07 bits per heavy atom. The summed E-state index contributed by atoms with van der Waals surface area (Å²) < 4.78 is 32.7. The molecule has 150 valence electrons. The molecule has 1 amide bonds. The van der Waals surface area contributed by atoms with Gasteiger partial charge in [0.05, 0.1) is 4.90 Å². The van der Waals surface area contributed by atoms with Crippen LogP contribution in [0.25, 0.3) is 0 Å². The molecule has 1 saturated heterocycles. The first kappa shape index (κ1) is 20.4. The van der Waals surface area contributed by atoms with Crippen molar-refractivity contribution in [2.45, 2.75) is 56.0 Å². The van der Waals surface area contributed by atoms with Gasteiger partial charge in [0.1, 0.15) is 17.0 Å². The zero-order chi connectivity index (χ0) is 20.5. The first-order valence-electron chi connectivity index (χ1n) is 9.50. The van der Waals surface area contributed by atoms with Gasteiger partial charge in [-0.1, -0.05) is 62.4 Å². The van der Waals surface area contributed by atoms with Crippen molar-refractivity contribution >= 4 is 15.9 Å². The Bertz CT molecular complexity index is 924. The maximum Gasteiger partial charge on any atom is 0.412 e. The van der Waals surface area contributed by atoms with Gasteiger partial charge in [-0.05, 0) is 43.9 Å². The predicted octanol–water partition coefficient (Wildman–Crippen LogP) is 4.80. The van der Waals surface area contributed by atoms with Gasteiger partial charge in [0.25, 0.3) is 0 Å². The molecule has 2 aromatic carbocycles. The molecule has 0 aromatic heterocycles. The van der Waals surface area contributed by atoms with Crippen LogP contribution in [0.5, 0.6) is 0 Å². The minimum atomic E-state index is -3.78. The summed E-state index contributed by atoms with van der Waals surface area (Å²) in [6.45, 7) is 7.56. The molecule has 0 N–H and O–H groups in total. The topological polar surface area (TPSA) is 63.7 Å². The fraction of sp³-hybridized carbons (Fsp3) is 0.409. The summed E-state index contributed by atoms with van der Waals surface area (Å²) in [5.74, 6) is 0.0800. The molecular weight excluding hydrogens is 374 g/mol. The zero-order valence-electron chi connectivity index (χ0n) is 16.7. The van der Waals surface area contributed by atoms with Gasteiger partial charge in [-0.2, -0.15) is 0 Å². The number of hydrogen-bond donors (Lipinski definition) is 0. The summed E-state index contributed by atoms with van der Waals surface area (Å²) in [6, 6.07) is 17.3. The van der Waals surface area contributed by atoms with E-state index in [0.717, 1.165) is 5.56 Å². The van der Waals surface area contributed by atoms with Crippen LogP contribution in [-0.4, -0.2) is 30.4 Å². The van der Waals surface area contributed by atoms with Crippen LogP contribution in [0.4, 0.5) is 4.79 Å². The van der Waals surface area contributed by atoms with E-state index in [9.17, 15) is 13.2 Å². The predicted molar refractivity (Wildman–Crippen MR) is 108 cm³/mol. The van der Waals surface area contributed by atoms with E-state index >= 15 is 0 Å². The van der Waals surface area contributed by atoms with Crippen LogP contribution in [0.1, 0.15) is 45.7 Å². The Kier molecular flexibility index (Phi) is 5.53. The van der Waals surface area contributed by atoms with Gasteiger partial charge in [-0.15, -0.1) is 0 Å². The third-order valence-electron chi connectivity index (χ3n) is 5.03. The Hall–Kier alpha value is -2.34. The van der Waals surface area contributed by atoms with Crippen molar-refractivity contribution in [1.82, 2.24) is 4.90 Å². The number of nitrogens with zero attached hydrogens (tertiary/aromatic N) is 1. The molecule has 5 nitrogen and oxygen atoms in total. The van der Waals surface area contributed by atoms with Crippen LogP contribution >= 0.6 is 0 Å². The van der Waals surface area contributed by atoms with Crippen molar-refractivity contribution < 1.29 is 17.9 Å². The fourth-order valence-corrected chi connectivity index (χ4v) is 5.81. The number of sulfone groups is 1. The highest BCUT2D eigenvalue weighted by molar-refractivity contribution is 7.92. The fourth-order valence-electron chi connectivity index (χ4n) is 3.82. The van der Waals surface area contributed by atoms with Crippen LogP contribution < -0.4 is 0 Å². The monoisotopic (exact) mass is 401 g/mol. The second kappa shape index (κ2) is 7.59. The molecule has 0 radical (unpaired) electrons. The van der Waals surface area contributed by atoms with E-state index in [-0.39, 0.29) is 10.8 Å². The number of hydrogen-bond acceptors (Lipinski definition) is 4. The highest BCUT2D eigenvalue weighted by Crippen LogP contribution is 2.44. The minimum Gasteiger partial charge on any atom is -0.441 e. The number of amides is 1. The van der Waals surface area contributed by atoms with Gasteiger partial charge in [0.2, 0.25) is 0 Å². The van der Waals surface area contributed by atoms with Crippen molar-refractivity contribution in [2.75, 3.05) is 0 Å². The van der Waals surface area contributed by atoms with Crippen molar-refractivity contribution in [1.29, 1.82) is 0 Å². The average molecular weight is 402 g/mol. The number of benzene rings is 2. The first-order chi connectivity index (χ1) is 13.1. The molecule has 1 unspecified atom stereocenters. The van der Waals surface area contributed by atoms with Crippen LogP contribution in [0.15, 0.2) is 65.6 Å². The number of carbonyl (C=O) groups excluding carboxylic acids is 1. The van der Waals surface area contributed by atoms with E-state index in [1.807, 2.05) is 58.0 Å². The van der Waals surface area contributed by atoms with E-state index < -0.39 is 32.9 Å². The molecule has 1 heterocycles. The standard InChI is InChI=1S/C22H27NO4S/c1-16(2)15-19(28(25,26)18-13-9-6-10-14-18)23-20(17-11-7-5-8-12-17)22(3,4)27-21(23)24/h5-14,16,19-20H,15H2,1-4H3/t19?,20-/m1/s1. The van der Waals surface area contributed by atoms with Crippen molar-refractivity contribution in [3.8, 4) is 0 Å². The molecule has 1 aliphatic rings. The second-order valence-electron chi connectivity index (χ2n) is 8.13. The van der Waals surface area contributed by atoms with Gasteiger partial charge in [0, 0.05) is 0 Å². The lowest BCUT2D eigenvalue weighted by atomic mass is 9.91. The molecule has 3 rings (SSSR count). The van der Waals surface area contributed by atoms with Crippen molar-refractivity contribution in [3.05, 3.63) is 66.2 Å². The maximum absolute atomic E-state index is 13.5. The molecule has 1 fully saturated rings. The molecule has 0 spiro atoms. The molecule has 2 atom stereocenters. The van der Waals surface area contributed by atoms with Crippen molar-refractivity contribution in [2.24, 2.45) is 5.92 Å². The third-order valence-corrected chi connectivity index (χ3v) is 7.09. The lowest BCUT2D eigenvalue weighted by Crippen LogP contribution is -2.45. The molecule has 1 aliphatic heterocycles. The first-order valence-corrected chi connectivity index (χ1v) is 11.0. The van der Waals surface area contributed by atoms with Crippen LogP contribution in [0.2, 0.25) is 0 Å². The van der Waals surface area contributed by atoms with E-state index in [2.05, 4.69) is 0 Å².